The molecule has 0 radical (unpaired) electrons. The molecule has 1 aromatic heterocycles. The van der Waals surface area contributed by atoms with Crippen LogP contribution in [0.3, 0.4) is 0 Å². The van der Waals surface area contributed by atoms with Gasteiger partial charge in [0.2, 0.25) is 5.91 Å². The van der Waals surface area contributed by atoms with Crippen molar-refractivity contribution in [1.29, 1.82) is 0 Å². The molecule has 8 heteroatoms. The van der Waals surface area contributed by atoms with E-state index in [1.54, 1.807) is 37.3 Å². The maximum atomic E-state index is 13.9. The van der Waals surface area contributed by atoms with Crippen LogP contribution in [0.5, 0.6) is 17.2 Å². The molecule has 0 unspecified atom stereocenters. The van der Waals surface area contributed by atoms with Gasteiger partial charge < -0.3 is 29.0 Å². The Labute approximate surface area is 241 Å². The standard InChI is InChI=1S/C33H39N3O5/c1-5-6-18-36(33(38)29-16-15-27(40-3)20-31(29)41-4)23-32(37)35(22-24-11-13-26(39-2)14-12-24)19-17-25-21-34-30-10-8-7-9-28(25)30/h7-16,20-21,34H,5-6,17-19,22-23H2,1-4H3. The van der Waals surface area contributed by atoms with Crippen LogP contribution < -0.4 is 14.2 Å². The summed E-state index contributed by atoms with van der Waals surface area (Å²) in [6, 6.07) is 21.0. The number of carbonyl (C=O) groups excluding carboxylic acids is 2. The van der Waals surface area contributed by atoms with E-state index in [4.69, 9.17) is 14.2 Å². The molecule has 4 aromatic rings. The number of hydrogen-bond acceptors (Lipinski definition) is 5. The topological polar surface area (TPSA) is 84.1 Å². The van der Waals surface area contributed by atoms with Crippen LogP contribution in [0.1, 0.15) is 41.3 Å². The first-order valence-electron chi connectivity index (χ1n) is 13.9. The molecule has 41 heavy (non-hydrogen) atoms. The van der Waals surface area contributed by atoms with Crippen molar-refractivity contribution in [3.8, 4) is 17.2 Å². The van der Waals surface area contributed by atoms with Crippen LogP contribution in [0.2, 0.25) is 0 Å². The van der Waals surface area contributed by atoms with Gasteiger partial charge in [-0.25, -0.2) is 0 Å². The number of aromatic amines is 1. The van der Waals surface area contributed by atoms with Gasteiger partial charge in [-0.15, -0.1) is 0 Å². The fraction of sp³-hybridized carbons (Fsp3) is 0.333. The van der Waals surface area contributed by atoms with Gasteiger partial charge in [-0.3, -0.25) is 9.59 Å². The number of nitrogens with one attached hydrogen (secondary N) is 1. The molecule has 0 bridgehead atoms. The number of amides is 2. The summed E-state index contributed by atoms with van der Waals surface area (Å²) in [5.74, 6) is 1.41. The number of unbranched alkanes of at least 4 members (excludes halogenated alkanes) is 1. The number of hydrogen-bond donors (Lipinski definition) is 1. The van der Waals surface area contributed by atoms with E-state index in [0.717, 1.165) is 40.6 Å². The molecule has 0 saturated heterocycles. The molecule has 0 aliphatic rings. The second-order valence-electron chi connectivity index (χ2n) is 9.92. The number of ether oxygens (including phenoxy) is 3. The molecule has 0 fully saturated rings. The number of aromatic nitrogens is 1. The number of carbonyl (C=O) groups is 2. The van der Waals surface area contributed by atoms with Gasteiger partial charge >= 0.3 is 0 Å². The SMILES string of the molecule is CCCCN(CC(=O)N(CCc1c[nH]c2ccccc12)Cc1ccc(OC)cc1)C(=O)c1ccc(OC)cc1OC. The van der Waals surface area contributed by atoms with Crippen LogP contribution in [0.15, 0.2) is 72.9 Å². The Morgan fingerprint density at radius 3 is 2.27 bits per heavy atom. The normalized spacial score (nSPS) is 10.8. The average molecular weight is 558 g/mol. The van der Waals surface area contributed by atoms with Gasteiger partial charge in [-0.2, -0.15) is 0 Å². The highest BCUT2D eigenvalue weighted by Crippen LogP contribution is 2.26. The molecule has 0 aliphatic carbocycles. The third-order valence-electron chi connectivity index (χ3n) is 7.25. The first kappa shape index (κ1) is 29.5. The summed E-state index contributed by atoms with van der Waals surface area (Å²) in [6.45, 7) is 3.43. The van der Waals surface area contributed by atoms with E-state index in [1.165, 1.54) is 7.11 Å². The van der Waals surface area contributed by atoms with Crippen molar-refractivity contribution in [2.75, 3.05) is 41.0 Å². The van der Waals surface area contributed by atoms with Gasteiger partial charge in [0.25, 0.3) is 5.91 Å². The Bertz CT molecular complexity index is 1450. The average Bonchev–Trinajstić information content (AvgIpc) is 3.43. The lowest BCUT2D eigenvalue weighted by molar-refractivity contribution is -0.132. The van der Waals surface area contributed by atoms with Crippen LogP contribution in [0, 0.1) is 0 Å². The minimum atomic E-state index is -0.243. The van der Waals surface area contributed by atoms with Crippen LogP contribution in [-0.2, 0) is 17.8 Å². The molecule has 1 heterocycles. The molecule has 3 aromatic carbocycles. The van der Waals surface area contributed by atoms with Crippen molar-refractivity contribution in [2.45, 2.75) is 32.7 Å². The number of benzene rings is 3. The third kappa shape index (κ3) is 7.39. The zero-order valence-corrected chi connectivity index (χ0v) is 24.3. The summed E-state index contributed by atoms with van der Waals surface area (Å²) in [5, 5.41) is 1.15. The number of nitrogens with zero attached hydrogens (tertiary/aromatic N) is 2. The summed E-state index contributed by atoms with van der Waals surface area (Å²) in [5.41, 5.74) is 3.61. The second kappa shape index (κ2) is 14.3. The Kier molecular flexibility index (Phi) is 10.3. The van der Waals surface area contributed by atoms with Crippen molar-refractivity contribution in [2.24, 2.45) is 0 Å². The van der Waals surface area contributed by atoms with E-state index in [-0.39, 0.29) is 18.4 Å². The minimum Gasteiger partial charge on any atom is -0.497 e. The summed E-state index contributed by atoms with van der Waals surface area (Å²) < 4.78 is 16.1. The van der Waals surface area contributed by atoms with Gasteiger partial charge in [-0.05, 0) is 54.3 Å². The lowest BCUT2D eigenvalue weighted by atomic mass is 10.1. The molecule has 8 nitrogen and oxygen atoms in total. The van der Waals surface area contributed by atoms with Crippen LogP contribution in [0.25, 0.3) is 10.9 Å². The Morgan fingerprint density at radius 1 is 0.829 bits per heavy atom. The Hall–Kier alpha value is -4.46. The molecule has 0 spiro atoms. The molecular weight excluding hydrogens is 518 g/mol. The maximum Gasteiger partial charge on any atom is 0.258 e. The Balaban J connectivity index is 1.57. The van der Waals surface area contributed by atoms with Crippen LogP contribution in [0.4, 0.5) is 0 Å². The summed E-state index contributed by atoms with van der Waals surface area (Å²) in [4.78, 5) is 34.4. The molecular formula is C33H39N3O5. The largest absolute Gasteiger partial charge is 0.497 e. The monoisotopic (exact) mass is 557 g/mol. The lowest BCUT2D eigenvalue weighted by Crippen LogP contribution is -2.43. The third-order valence-corrected chi connectivity index (χ3v) is 7.25. The maximum absolute atomic E-state index is 13.9. The van der Waals surface area contributed by atoms with Crippen molar-refractivity contribution in [3.05, 3.63) is 89.6 Å². The van der Waals surface area contributed by atoms with Crippen LogP contribution in [-0.4, -0.2) is 67.6 Å². The van der Waals surface area contributed by atoms with Crippen molar-refractivity contribution >= 4 is 22.7 Å². The second-order valence-corrected chi connectivity index (χ2v) is 9.92. The van der Waals surface area contributed by atoms with E-state index in [9.17, 15) is 9.59 Å². The number of fused-ring (bicyclic) bond motifs is 1. The first-order valence-corrected chi connectivity index (χ1v) is 13.9. The Morgan fingerprint density at radius 2 is 1.56 bits per heavy atom. The predicted molar refractivity (Wildman–Crippen MR) is 161 cm³/mol. The smallest absolute Gasteiger partial charge is 0.258 e. The molecule has 0 aliphatic heterocycles. The molecule has 216 valence electrons. The predicted octanol–water partition coefficient (Wildman–Crippen LogP) is 5.71. The van der Waals surface area contributed by atoms with Gasteiger partial charge in [0.05, 0.1) is 26.9 Å². The van der Waals surface area contributed by atoms with Crippen molar-refractivity contribution < 1.29 is 23.8 Å². The molecule has 1 N–H and O–H groups in total. The van der Waals surface area contributed by atoms with Gasteiger partial charge in [0.1, 0.15) is 23.8 Å². The fourth-order valence-corrected chi connectivity index (χ4v) is 4.85. The molecule has 0 atom stereocenters. The summed E-state index contributed by atoms with van der Waals surface area (Å²) in [7, 11) is 4.72. The quantitative estimate of drug-likeness (QED) is 0.215. The minimum absolute atomic E-state index is 0.0297. The first-order chi connectivity index (χ1) is 20.0. The van der Waals surface area contributed by atoms with E-state index in [2.05, 4.69) is 18.0 Å². The van der Waals surface area contributed by atoms with Crippen LogP contribution >= 0.6 is 0 Å². The number of para-hydroxylation sites is 1. The zero-order valence-electron chi connectivity index (χ0n) is 24.3. The molecule has 4 rings (SSSR count). The van der Waals surface area contributed by atoms with Gasteiger partial charge in [0, 0.05) is 42.8 Å². The number of methoxy groups -OCH3 is 3. The van der Waals surface area contributed by atoms with Crippen molar-refractivity contribution in [1.82, 2.24) is 14.8 Å². The van der Waals surface area contributed by atoms with E-state index < -0.39 is 0 Å². The van der Waals surface area contributed by atoms with Crippen molar-refractivity contribution in [3.63, 3.8) is 0 Å². The van der Waals surface area contributed by atoms with Gasteiger partial charge in [-0.1, -0.05) is 43.7 Å². The van der Waals surface area contributed by atoms with Gasteiger partial charge in [0.15, 0.2) is 0 Å². The highest BCUT2D eigenvalue weighted by molar-refractivity contribution is 5.99. The van der Waals surface area contributed by atoms with E-state index in [1.807, 2.05) is 53.6 Å². The number of rotatable bonds is 14. The molecule has 0 saturated carbocycles. The number of H-pyrrole nitrogens is 1. The summed E-state index contributed by atoms with van der Waals surface area (Å²) >= 11 is 0. The highest BCUT2D eigenvalue weighted by atomic mass is 16.5. The van der Waals surface area contributed by atoms with E-state index >= 15 is 0 Å². The van der Waals surface area contributed by atoms with E-state index in [0.29, 0.717) is 43.1 Å². The lowest BCUT2D eigenvalue weighted by Gasteiger charge is -2.28. The summed E-state index contributed by atoms with van der Waals surface area (Å²) in [6.07, 6.45) is 4.37. The fourth-order valence-electron chi connectivity index (χ4n) is 4.85. The zero-order chi connectivity index (χ0) is 29.2. The molecule has 2 amide bonds. The highest BCUT2D eigenvalue weighted by Gasteiger charge is 2.25.